The molecule has 1 aliphatic rings. The highest BCUT2D eigenvalue weighted by Gasteiger charge is 2.30. The average molecular weight is 463 g/mol. The van der Waals surface area contributed by atoms with Crippen LogP contribution in [0.2, 0.25) is 0 Å². The molecule has 0 aliphatic carbocycles. The quantitative estimate of drug-likeness (QED) is 0.427. The van der Waals surface area contributed by atoms with Gasteiger partial charge in [0.05, 0.1) is 22.5 Å². The third-order valence-corrected chi connectivity index (χ3v) is 7.90. The normalized spacial score (nSPS) is 15.3. The molecule has 2 N–H and O–H groups in total. The average Bonchev–Trinajstić information content (AvgIpc) is 3.37. The van der Waals surface area contributed by atoms with Gasteiger partial charge < -0.3 is 15.2 Å². The van der Waals surface area contributed by atoms with Crippen LogP contribution in [0.1, 0.15) is 5.76 Å². The molecule has 0 spiro atoms. The van der Waals surface area contributed by atoms with Crippen molar-refractivity contribution in [3.8, 4) is 11.4 Å². The Kier molecular flexibility index (Phi) is 6.03. The second kappa shape index (κ2) is 8.73. The van der Waals surface area contributed by atoms with E-state index < -0.39 is 10.0 Å². The number of benzene rings is 1. The molecule has 0 bridgehead atoms. The van der Waals surface area contributed by atoms with E-state index in [9.17, 15) is 13.2 Å². The number of nitrogen functional groups attached to an aromatic ring is 1. The second-order valence-electron chi connectivity index (χ2n) is 6.95. The van der Waals surface area contributed by atoms with E-state index in [1.54, 1.807) is 54.5 Å². The SMILES string of the molecule is Cc1occc1-c1nnc(SCC(=O)N2CCN(S(=O)(=O)c3ccccc3)CC2)n1N. The molecule has 0 atom stereocenters. The van der Waals surface area contributed by atoms with Crippen molar-refractivity contribution >= 4 is 27.7 Å². The van der Waals surface area contributed by atoms with Gasteiger partial charge in [-0.2, -0.15) is 4.31 Å². The van der Waals surface area contributed by atoms with Crippen LogP contribution in [0, 0.1) is 6.92 Å². The van der Waals surface area contributed by atoms with E-state index in [1.807, 2.05) is 0 Å². The van der Waals surface area contributed by atoms with Gasteiger partial charge in [-0.3, -0.25) is 4.79 Å². The van der Waals surface area contributed by atoms with Gasteiger partial charge in [-0.1, -0.05) is 30.0 Å². The molecule has 164 valence electrons. The van der Waals surface area contributed by atoms with E-state index >= 15 is 0 Å². The van der Waals surface area contributed by atoms with Gasteiger partial charge in [0.1, 0.15) is 5.76 Å². The highest BCUT2D eigenvalue weighted by Crippen LogP contribution is 2.25. The number of hydrogen-bond donors (Lipinski definition) is 1. The Balaban J connectivity index is 1.33. The van der Waals surface area contributed by atoms with Gasteiger partial charge in [-0.05, 0) is 25.1 Å². The van der Waals surface area contributed by atoms with E-state index in [0.717, 1.165) is 5.56 Å². The van der Waals surface area contributed by atoms with E-state index in [4.69, 9.17) is 10.3 Å². The monoisotopic (exact) mass is 462 g/mol. The van der Waals surface area contributed by atoms with Crippen molar-refractivity contribution in [2.75, 3.05) is 37.8 Å². The Bertz CT molecular complexity index is 1170. The number of carbonyl (C=O) groups is 1. The first-order valence-corrected chi connectivity index (χ1v) is 12.0. The van der Waals surface area contributed by atoms with Crippen molar-refractivity contribution in [2.45, 2.75) is 17.0 Å². The zero-order valence-electron chi connectivity index (χ0n) is 16.8. The molecule has 1 fully saturated rings. The van der Waals surface area contributed by atoms with Crippen molar-refractivity contribution in [1.29, 1.82) is 0 Å². The maximum absolute atomic E-state index is 12.7. The summed E-state index contributed by atoms with van der Waals surface area (Å²) < 4.78 is 33.4. The number of hydrogen-bond acceptors (Lipinski definition) is 8. The van der Waals surface area contributed by atoms with Crippen LogP contribution < -0.4 is 5.84 Å². The molecule has 4 rings (SSSR count). The summed E-state index contributed by atoms with van der Waals surface area (Å²) in [5, 5.41) is 8.55. The molecule has 3 heterocycles. The number of aromatic nitrogens is 3. The van der Waals surface area contributed by atoms with E-state index in [2.05, 4.69) is 10.2 Å². The summed E-state index contributed by atoms with van der Waals surface area (Å²) in [5.74, 6) is 7.24. The summed E-state index contributed by atoms with van der Waals surface area (Å²) >= 11 is 1.19. The molecule has 2 aromatic heterocycles. The van der Waals surface area contributed by atoms with Gasteiger partial charge in [-0.25, -0.2) is 13.1 Å². The smallest absolute Gasteiger partial charge is 0.243 e. The first-order chi connectivity index (χ1) is 14.9. The van der Waals surface area contributed by atoms with Gasteiger partial charge in [0.2, 0.25) is 21.1 Å². The number of aryl methyl sites for hydroxylation is 1. The van der Waals surface area contributed by atoms with Crippen molar-refractivity contribution in [3.63, 3.8) is 0 Å². The molecule has 31 heavy (non-hydrogen) atoms. The summed E-state index contributed by atoms with van der Waals surface area (Å²) in [4.78, 5) is 14.5. The first-order valence-electron chi connectivity index (χ1n) is 9.58. The first kappa shape index (κ1) is 21.4. The number of nitrogens with two attached hydrogens (primary N) is 1. The standard InChI is InChI=1S/C19H22N6O4S2/c1-14-16(7-12-29-14)18-21-22-19(25(18)20)30-13-17(26)23-8-10-24(11-9-23)31(27,28)15-5-3-2-4-6-15/h2-7,12H,8-11,13,20H2,1H3. The fourth-order valence-electron chi connectivity index (χ4n) is 3.31. The summed E-state index contributed by atoms with van der Waals surface area (Å²) in [7, 11) is -3.55. The molecular formula is C19H22N6O4S2. The van der Waals surface area contributed by atoms with Crippen LogP contribution >= 0.6 is 11.8 Å². The van der Waals surface area contributed by atoms with Crippen LogP contribution in [0.5, 0.6) is 0 Å². The molecule has 1 aliphatic heterocycles. The zero-order chi connectivity index (χ0) is 22.0. The van der Waals surface area contributed by atoms with Gasteiger partial charge >= 0.3 is 0 Å². The van der Waals surface area contributed by atoms with Gasteiger partial charge in [0, 0.05) is 26.2 Å². The summed E-state index contributed by atoms with van der Waals surface area (Å²) in [6, 6.07) is 10.1. The lowest BCUT2D eigenvalue weighted by molar-refractivity contribution is -0.129. The minimum absolute atomic E-state index is 0.106. The lowest BCUT2D eigenvalue weighted by atomic mass is 10.2. The van der Waals surface area contributed by atoms with Crippen molar-refractivity contribution in [3.05, 3.63) is 48.4 Å². The predicted molar refractivity (Wildman–Crippen MR) is 115 cm³/mol. The number of rotatable bonds is 6. The van der Waals surface area contributed by atoms with Crippen LogP contribution in [-0.4, -0.2) is 70.3 Å². The van der Waals surface area contributed by atoms with Gasteiger partial charge in [0.15, 0.2) is 5.82 Å². The van der Waals surface area contributed by atoms with E-state index in [0.29, 0.717) is 29.8 Å². The summed E-state index contributed by atoms with van der Waals surface area (Å²) in [5.41, 5.74) is 0.740. The number of piperazine rings is 1. The molecule has 0 saturated carbocycles. The molecule has 0 radical (unpaired) electrons. The van der Waals surface area contributed by atoms with Crippen LogP contribution in [0.4, 0.5) is 0 Å². The Morgan fingerprint density at radius 3 is 2.48 bits per heavy atom. The fraction of sp³-hybridized carbons (Fsp3) is 0.316. The van der Waals surface area contributed by atoms with E-state index in [1.165, 1.54) is 20.7 Å². The molecule has 12 heteroatoms. The highest BCUT2D eigenvalue weighted by atomic mass is 32.2. The lowest BCUT2D eigenvalue weighted by Crippen LogP contribution is -2.50. The maximum atomic E-state index is 12.7. The van der Waals surface area contributed by atoms with E-state index in [-0.39, 0.29) is 29.6 Å². The summed E-state index contributed by atoms with van der Waals surface area (Å²) in [6.45, 7) is 2.98. The fourth-order valence-corrected chi connectivity index (χ4v) is 5.52. The predicted octanol–water partition coefficient (Wildman–Crippen LogP) is 1.19. The zero-order valence-corrected chi connectivity index (χ0v) is 18.5. The topological polar surface area (TPSA) is 128 Å². The molecule has 3 aromatic rings. The number of furan rings is 1. The van der Waals surface area contributed by atoms with Crippen molar-refractivity contribution < 1.29 is 17.6 Å². The lowest BCUT2D eigenvalue weighted by Gasteiger charge is -2.34. The molecule has 1 saturated heterocycles. The molecule has 0 unspecified atom stereocenters. The Morgan fingerprint density at radius 1 is 1.13 bits per heavy atom. The second-order valence-corrected chi connectivity index (χ2v) is 9.83. The van der Waals surface area contributed by atoms with Crippen LogP contribution in [0.25, 0.3) is 11.4 Å². The van der Waals surface area contributed by atoms with Crippen LogP contribution in [-0.2, 0) is 14.8 Å². The molecule has 1 amide bonds. The molecule has 1 aromatic carbocycles. The van der Waals surface area contributed by atoms with Gasteiger partial charge in [-0.15, -0.1) is 10.2 Å². The summed E-state index contributed by atoms with van der Waals surface area (Å²) in [6.07, 6.45) is 1.55. The third-order valence-electron chi connectivity index (χ3n) is 5.06. The van der Waals surface area contributed by atoms with Crippen molar-refractivity contribution in [1.82, 2.24) is 24.1 Å². The van der Waals surface area contributed by atoms with Gasteiger partial charge in [0.25, 0.3) is 0 Å². The Morgan fingerprint density at radius 2 is 1.84 bits per heavy atom. The largest absolute Gasteiger partial charge is 0.469 e. The minimum Gasteiger partial charge on any atom is -0.469 e. The van der Waals surface area contributed by atoms with Crippen molar-refractivity contribution in [2.24, 2.45) is 0 Å². The molecule has 10 nitrogen and oxygen atoms in total. The Labute approximate surface area is 184 Å². The van der Waals surface area contributed by atoms with Crippen LogP contribution in [0.15, 0.2) is 57.1 Å². The maximum Gasteiger partial charge on any atom is 0.243 e. The third kappa shape index (κ3) is 4.31. The molecular weight excluding hydrogens is 440 g/mol. The highest BCUT2D eigenvalue weighted by molar-refractivity contribution is 7.99. The van der Waals surface area contributed by atoms with Crippen LogP contribution in [0.3, 0.4) is 0 Å². The number of carbonyl (C=O) groups excluding carboxylic acids is 1. The minimum atomic E-state index is -3.55. The number of nitrogens with zero attached hydrogens (tertiary/aromatic N) is 5. The number of thioether (sulfide) groups is 1. The Hall–Kier alpha value is -2.83. The number of amides is 1. The number of sulfonamides is 1.